The number of hydrogen-bond acceptors (Lipinski definition) is 5. The number of aromatic nitrogens is 2. The summed E-state index contributed by atoms with van der Waals surface area (Å²) in [6.07, 6.45) is 7.53. The molecule has 1 N–H and O–H groups in total. The van der Waals surface area contributed by atoms with Gasteiger partial charge in [0.05, 0.1) is 6.42 Å². The number of carboxylic acid groups (broad SMARTS) is 1. The summed E-state index contributed by atoms with van der Waals surface area (Å²) in [5, 5.41) is 11.3. The summed E-state index contributed by atoms with van der Waals surface area (Å²) in [7, 11) is 0. The molecular formula is C15H16N2O2S2. The summed E-state index contributed by atoms with van der Waals surface area (Å²) >= 11 is 3.53. The number of hydrogen-bond donors (Lipinski definition) is 1. The Bertz CT molecular complexity index is 722. The minimum absolute atomic E-state index is 0.00691. The van der Waals surface area contributed by atoms with Crippen LogP contribution in [0.25, 0.3) is 10.2 Å². The van der Waals surface area contributed by atoms with E-state index in [4.69, 9.17) is 5.11 Å². The molecule has 2 aliphatic rings. The van der Waals surface area contributed by atoms with E-state index < -0.39 is 5.97 Å². The van der Waals surface area contributed by atoms with Crippen molar-refractivity contribution in [1.82, 2.24) is 9.97 Å². The summed E-state index contributed by atoms with van der Waals surface area (Å²) in [6.45, 7) is 0. The van der Waals surface area contributed by atoms with Gasteiger partial charge < -0.3 is 5.11 Å². The van der Waals surface area contributed by atoms with Gasteiger partial charge >= 0.3 is 5.97 Å². The van der Waals surface area contributed by atoms with E-state index in [1.54, 1.807) is 29.4 Å². The van der Waals surface area contributed by atoms with Crippen LogP contribution in [-0.2, 0) is 17.6 Å². The topological polar surface area (TPSA) is 63.1 Å². The first-order valence-corrected chi connectivity index (χ1v) is 9.07. The minimum atomic E-state index is -0.683. The fraction of sp³-hybridized carbons (Fsp3) is 0.533. The van der Waals surface area contributed by atoms with Gasteiger partial charge in [-0.05, 0) is 43.1 Å². The molecule has 0 spiro atoms. The highest BCUT2D eigenvalue weighted by Crippen LogP contribution is 2.52. The molecule has 0 unspecified atom stereocenters. The molecule has 0 amide bonds. The highest BCUT2D eigenvalue weighted by atomic mass is 32.2. The Morgan fingerprint density at radius 2 is 2.24 bits per heavy atom. The van der Waals surface area contributed by atoms with Gasteiger partial charge in [-0.25, -0.2) is 9.97 Å². The SMILES string of the molecule is O=C(O)CC1(CSc2ncnc3sc4c(c23)CCC4)CC1. The van der Waals surface area contributed by atoms with Crippen molar-refractivity contribution in [2.75, 3.05) is 5.75 Å². The van der Waals surface area contributed by atoms with Crippen molar-refractivity contribution in [1.29, 1.82) is 0 Å². The molecule has 6 heteroatoms. The van der Waals surface area contributed by atoms with E-state index in [0.717, 1.165) is 34.9 Å². The van der Waals surface area contributed by atoms with Crippen LogP contribution in [0.3, 0.4) is 0 Å². The van der Waals surface area contributed by atoms with Gasteiger partial charge in [-0.15, -0.1) is 23.1 Å². The largest absolute Gasteiger partial charge is 0.481 e. The normalized spacial score (nSPS) is 18.9. The van der Waals surface area contributed by atoms with Crippen LogP contribution in [-0.4, -0.2) is 26.8 Å². The summed E-state index contributed by atoms with van der Waals surface area (Å²) in [6, 6.07) is 0. The molecule has 1 fully saturated rings. The Morgan fingerprint density at radius 1 is 1.38 bits per heavy atom. The molecule has 110 valence electrons. The lowest BCUT2D eigenvalue weighted by Crippen LogP contribution is -2.11. The van der Waals surface area contributed by atoms with Gasteiger partial charge in [-0.1, -0.05) is 0 Å². The number of carboxylic acids is 1. The smallest absolute Gasteiger partial charge is 0.303 e. The third-order valence-electron chi connectivity index (χ3n) is 4.46. The Balaban J connectivity index is 1.61. The van der Waals surface area contributed by atoms with E-state index in [9.17, 15) is 4.79 Å². The number of thioether (sulfide) groups is 1. The maximum absolute atomic E-state index is 11.0. The van der Waals surface area contributed by atoms with Crippen LogP contribution in [0, 0.1) is 5.41 Å². The maximum Gasteiger partial charge on any atom is 0.303 e. The molecule has 0 radical (unpaired) electrons. The lowest BCUT2D eigenvalue weighted by molar-refractivity contribution is -0.138. The number of fused-ring (bicyclic) bond motifs is 3. The van der Waals surface area contributed by atoms with E-state index in [1.165, 1.54) is 28.7 Å². The zero-order valence-corrected chi connectivity index (χ0v) is 13.2. The van der Waals surface area contributed by atoms with Crippen LogP contribution in [0.15, 0.2) is 11.4 Å². The average Bonchev–Trinajstić information content (AvgIpc) is 2.90. The first-order valence-electron chi connectivity index (χ1n) is 7.27. The molecule has 1 saturated carbocycles. The van der Waals surface area contributed by atoms with E-state index in [0.29, 0.717) is 0 Å². The second-order valence-electron chi connectivity index (χ2n) is 6.08. The van der Waals surface area contributed by atoms with Crippen LogP contribution in [0.2, 0.25) is 0 Å². The average molecular weight is 320 g/mol. The molecule has 2 aromatic rings. The summed E-state index contributed by atoms with van der Waals surface area (Å²) in [4.78, 5) is 22.4. The van der Waals surface area contributed by atoms with Crippen molar-refractivity contribution >= 4 is 39.3 Å². The Hall–Kier alpha value is -1.14. The van der Waals surface area contributed by atoms with Crippen LogP contribution < -0.4 is 0 Å². The predicted octanol–water partition coefficient (Wildman–Crippen LogP) is 3.53. The standard InChI is InChI=1S/C15H16N2O2S2/c18-11(19)6-15(4-5-15)7-20-13-12-9-2-1-3-10(9)21-14(12)17-8-16-13/h8H,1-7H2,(H,18,19). The molecule has 0 atom stereocenters. The van der Waals surface area contributed by atoms with Crippen LogP contribution in [0.5, 0.6) is 0 Å². The van der Waals surface area contributed by atoms with Gasteiger partial charge in [0.25, 0.3) is 0 Å². The van der Waals surface area contributed by atoms with Crippen LogP contribution in [0.1, 0.15) is 36.1 Å². The Labute approximate surface area is 131 Å². The fourth-order valence-corrected chi connectivity index (χ4v) is 5.71. The molecular weight excluding hydrogens is 304 g/mol. The van der Waals surface area contributed by atoms with Gasteiger partial charge in [0, 0.05) is 16.0 Å². The molecule has 4 rings (SSSR count). The van der Waals surface area contributed by atoms with E-state index in [1.807, 2.05) is 0 Å². The van der Waals surface area contributed by atoms with Crippen molar-refractivity contribution in [3.8, 4) is 0 Å². The maximum atomic E-state index is 11.0. The molecule has 0 bridgehead atoms. The number of rotatable bonds is 5. The number of thiophene rings is 1. The van der Waals surface area contributed by atoms with Gasteiger partial charge in [0.15, 0.2) is 0 Å². The molecule has 2 heterocycles. The number of aliphatic carboxylic acids is 1. The van der Waals surface area contributed by atoms with Crippen LogP contribution >= 0.6 is 23.1 Å². The van der Waals surface area contributed by atoms with Crippen molar-refractivity contribution in [3.05, 3.63) is 16.8 Å². The lowest BCUT2D eigenvalue weighted by Gasteiger charge is -2.11. The molecule has 0 aromatic carbocycles. The minimum Gasteiger partial charge on any atom is -0.481 e. The first-order chi connectivity index (χ1) is 10.2. The van der Waals surface area contributed by atoms with Crippen molar-refractivity contribution in [2.45, 2.75) is 43.6 Å². The second kappa shape index (κ2) is 4.95. The predicted molar refractivity (Wildman–Crippen MR) is 84.1 cm³/mol. The van der Waals surface area contributed by atoms with Gasteiger partial charge in [-0.3, -0.25) is 4.79 Å². The molecule has 0 saturated heterocycles. The van der Waals surface area contributed by atoms with Gasteiger partial charge in [-0.2, -0.15) is 0 Å². The first kappa shape index (κ1) is 13.5. The third-order valence-corrected chi connectivity index (χ3v) is 7.00. The zero-order valence-electron chi connectivity index (χ0n) is 11.6. The van der Waals surface area contributed by atoms with E-state index >= 15 is 0 Å². The molecule has 4 nitrogen and oxygen atoms in total. The zero-order chi connectivity index (χ0) is 14.4. The highest BCUT2D eigenvalue weighted by molar-refractivity contribution is 7.99. The third kappa shape index (κ3) is 2.44. The Morgan fingerprint density at radius 3 is 3.00 bits per heavy atom. The molecule has 2 aliphatic carbocycles. The number of carbonyl (C=O) groups is 1. The lowest BCUT2D eigenvalue weighted by atomic mass is 10.1. The summed E-state index contributed by atoms with van der Waals surface area (Å²) in [5.41, 5.74) is 1.45. The van der Waals surface area contributed by atoms with E-state index in [-0.39, 0.29) is 11.8 Å². The van der Waals surface area contributed by atoms with Crippen molar-refractivity contribution in [2.24, 2.45) is 5.41 Å². The van der Waals surface area contributed by atoms with Crippen molar-refractivity contribution in [3.63, 3.8) is 0 Å². The number of aryl methyl sites for hydroxylation is 2. The second-order valence-corrected chi connectivity index (χ2v) is 8.12. The monoisotopic (exact) mass is 320 g/mol. The van der Waals surface area contributed by atoms with Crippen molar-refractivity contribution < 1.29 is 9.90 Å². The Kier molecular flexibility index (Phi) is 3.19. The van der Waals surface area contributed by atoms with Gasteiger partial charge in [0.1, 0.15) is 16.2 Å². The van der Waals surface area contributed by atoms with Gasteiger partial charge in [0.2, 0.25) is 0 Å². The fourth-order valence-electron chi connectivity index (χ4n) is 3.10. The van der Waals surface area contributed by atoms with E-state index in [2.05, 4.69) is 9.97 Å². The van der Waals surface area contributed by atoms with Crippen LogP contribution in [0.4, 0.5) is 0 Å². The summed E-state index contributed by atoms with van der Waals surface area (Å²) < 4.78 is 0. The molecule has 0 aliphatic heterocycles. The summed E-state index contributed by atoms with van der Waals surface area (Å²) in [5.74, 6) is 0.174. The highest BCUT2D eigenvalue weighted by Gasteiger charge is 2.44. The quantitative estimate of drug-likeness (QED) is 0.674. The number of nitrogens with zero attached hydrogens (tertiary/aromatic N) is 2. The molecule has 21 heavy (non-hydrogen) atoms. The molecule has 2 aromatic heterocycles.